The van der Waals surface area contributed by atoms with Gasteiger partial charge in [0.25, 0.3) is 5.79 Å². The molecule has 2 fully saturated rings. The average molecular weight is 353 g/mol. The number of rotatable bonds is 2. The second kappa shape index (κ2) is 6.14. The fourth-order valence-electron chi connectivity index (χ4n) is 2.76. The summed E-state index contributed by atoms with van der Waals surface area (Å²) >= 11 is 1.21. The summed E-state index contributed by atoms with van der Waals surface area (Å²) in [7, 11) is 0. The third kappa shape index (κ3) is 3.41. The molecule has 1 aromatic rings. The minimum atomic E-state index is -1.26. The zero-order chi connectivity index (χ0) is 17.5. The van der Waals surface area contributed by atoms with E-state index in [1.165, 1.54) is 31.5 Å². The molecule has 0 radical (unpaired) electrons. The van der Waals surface area contributed by atoms with Gasteiger partial charge < -0.3 is 19.1 Å². The van der Waals surface area contributed by atoms with Crippen molar-refractivity contribution in [2.75, 3.05) is 18.0 Å². The number of hydrogen-bond acceptors (Lipinski definition) is 9. The van der Waals surface area contributed by atoms with E-state index in [-0.39, 0.29) is 17.8 Å². The van der Waals surface area contributed by atoms with Crippen molar-refractivity contribution in [1.29, 1.82) is 0 Å². The third-order valence-electron chi connectivity index (χ3n) is 3.60. The summed E-state index contributed by atoms with van der Waals surface area (Å²) in [6, 6.07) is 0. The van der Waals surface area contributed by atoms with Crippen molar-refractivity contribution in [1.82, 2.24) is 9.59 Å². The highest BCUT2D eigenvalue weighted by Crippen LogP contribution is 2.30. The van der Waals surface area contributed by atoms with Gasteiger partial charge in [-0.25, -0.2) is 9.59 Å². The molecule has 9 heteroatoms. The van der Waals surface area contributed by atoms with Crippen molar-refractivity contribution in [3.05, 3.63) is 11.3 Å². The van der Waals surface area contributed by atoms with Crippen molar-refractivity contribution in [2.24, 2.45) is 0 Å². The Bertz CT molecular complexity index is 667. The topological polar surface area (TPSA) is 90.9 Å². The molecule has 0 unspecified atom stereocenters. The van der Waals surface area contributed by atoms with Crippen LogP contribution in [0.4, 0.5) is 5.00 Å². The Kier molecular flexibility index (Phi) is 4.31. The van der Waals surface area contributed by atoms with E-state index >= 15 is 0 Å². The highest BCUT2D eigenvalue weighted by atomic mass is 32.1. The van der Waals surface area contributed by atoms with Crippen LogP contribution >= 0.6 is 11.5 Å². The number of morpholine rings is 1. The first-order valence-electron chi connectivity index (χ1n) is 7.66. The number of aromatic nitrogens is 2. The van der Waals surface area contributed by atoms with E-state index in [2.05, 4.69) is 14.5 Å². The van der Waals surface area contributed by atoms with E-state index in [1.54, 1.807) is 0 Å². The summed E-state index contributed by atoms with van der Waals surface area (Å²) in [6.07, 6.45) is 1.52. The van der Waals surface area contributed by atoms with Crippen molar-refractivity contribution < 1.29 is 23.8 Å². The van der Waals surface area contributed by atoms with Gasteiger partial charge in [-0.15, -0.1) is 5.10 Å². The number of esters is 2. The zero-order valence-electron chi connectivity index (χ0n) is 13.9. The van der Waals surface area contributed by atoms with Crippen LogP contribution in [0, 0.1) is 0 Å². The van der Waals surface area contributed by atoms with E-state index in [4.69, 9.17) is 14.2 Å². The summed E-state index contributed by atoms with van der Waals surface area (Å²) in [6.45, 7) is 8.37. The normalized spacial score (nSPS) is 26.8. The number of hydrogen-bond donors (Lipinski definition) is 0. The van der Waals surface area contributed by atoms with Gasteiger partial charge in [0, 0.05) is 38.5 Å². The van der Waals surface area contributed by atoms with Crippen LogP contribution in [-0.2, 0) is 23.8 Å². The molecule has 0 amide bonds. The summed E-state index contributed by atoms with van der Waals surface area (Å²) in [5, 5.41) is 4.82. The minimum absolute atomic E-state index is 0.0711. The van der Waals surface area contributed by atoms with Crippen LogP contribution in [0.25, 0.3) is 6.08 Å². The van der Waals surface area contributed by atoms with Gasteiger partial charge in [0.1, 0.15) is 16.3 Å². The first-order valence-corrected chi connectivity index (χ1v) is 8.43. The Hall–Kier alpha value is -2.00. The molecule has 2 saturated heterocycles. The van der Waals surface area contributed by atoms with Gasteiger partial charge >= 0.3 is 11.9 Å². The van der Waals surface area contributed by atoms with Crippen LogP contribution in [0.5, 0.6) is 0 Å². The Morgan fingerprint density at radius 1 is 1.17 bits per heavy atom. The average Bonchev–Trinajstić information content (AvgIpc) is 2.89. The molecule has 24 heavy (non-hydrogen) atoms. The minimum Gasteiger partial charge on any atom is -0.419 e. The highest BCUT2D eigenvalue weighted by molar-refractivity contribution is 7.10. The summed E-state index contributed by atoms with van der Waals surface area (Å²) in [4.78, 5) is 26.2. The van der Waals surface area contributed by atoms with Gasteiger partial charge in [-0.1, -0.05) is 4.49 Å². The number of ether oxygens (including phenoxy) is 3. The maximum atomic E-state index is 12.1. The lowest BCUT2D eigenvalue weighted by Crippen LogP contribution is -2.45. The lowest BCUT2D eigenvalue weighted by molar-refractivity contribution is -0.222. The second-order valence-corrected chi connectivity index (χ2v) is 7.10. The standard InChI is InChI=1S/C15H19N3O5S/c1-8-6-18(7-9(2)21-8)12-11(16-17-24-12)5-10-13(19)22-15(3,4)23-14(10)20/h5,8-9H,6-7H2,1-4H3/t8-,9+. The molecule has 2 atom stereocenters. The SMILES string of the molecule is C[C@@H]1CN(c2snnc2C=C2C(=O)OC(C)(C)OC2=O)C[C@H](C)O1. The number of anilines is 1. The van der Waals surface area contributed by atoms with Gasteiger partial charge in [0.05, 0.1) is 12.2 Å². The predicted octanol–water partition coefficient (Wildman–Crippen LogP) is 1.37. The fraction of sp³-hybridized carbons (Fsp3) is 0.600. The molecule has 8 nitrogen and oxygen atoms in total. The van der Waals surface area contributed by atoms with E-state index in [9.17, 15) is 9.59 Å². The van der Waals surface area contributed by atoms with Gasteiger partial charge in [-0.05, 0) is 19.9 Å². The van der Waals surface area contributed by atoms with Gasteiger partial charge in [-0.3, -0.25) is 0 Å². The second-order valence-electron chi connectivity index (χ2n) is 6.36. The zero-order valence-corrected chi connectivity index (χ0v) is 14.8. The molecule has 0 spiro atoms. The van der Waals surface area contributed by atoms with Crippen molar-refractivity contribution in [3.8, 4) is 0 Å². The van der Waals surface area contributed by atoms with Gasteiger partial charge in [0.15, 0.2) is 0 Å². The number of carbonyl (C=O) groups is 2. The Morgan fingerprint density at radius 2 is 1.75 bits per heavy atom. The first kappa shape index (κ1) is 16.8. The molecule has 0 aliphatic carbocycles. The molecule has 3 rings (SSSR count). The summed E-state index contributed by atoms with van der Waals surface area (Å²) in [5.41, 5.74) is 0.266. The van der Waals surface area contributed by atoms with E-state index in [1.807, 2.05) is 13.8 Å². The molecule has 3 heterocycles. The molecular weight excluding hydrogens is 334 g/mol. The van der Waals surface area contributed by atoms with Crippen LogP contribution in [0.3, 0.4) is 0 Å². The molecule has 1 aromatic heterocycles. The van der Waals surface area contributed by atoms with Crippen molar-refractivity contribution in [3.63, 3.8) is 0 Å². The van der Waals surface area contributed by atoms with Crippen molar-refractivity contribution in [2.45, 2.75) is 45.7 Å². The van der Waals surface area contributed by atoms with Crippen LogP contribution < -0.4 is 4.90 Å². The molecular formula is C15H19N3O5S. The maximum Gasteiger partial charge on any atom is 0.348 e. The van der Waals surface area contributed by atoms with E-state index in [0.29, 0.717) is 18.8 Å². The molecule has 0 bridgehead atoms. The molecule has 2 aliphatic heterocycles. The number of nitrogens with zero attached hydrogens (tertiary/aromatic N) is 3. The number of cyclic esters (lactones) is 2. The van der Waals surface area contributed by atoms with Crippen LogP contribution in [-0.4, -0.2) is 52.6 Å². The van der Waals surface area contributed by atoms with Crippen molar-refractivity contribution >= 4 is 34.5 Å². The highest BCUT2D eigenvalue weighted by Gasteiger charge is 2.39. The van der Waals surface area contributed by atoms with Crippen LogP contribution in [0.15, 0.2) is 5.57 Å². The van der Waals surface area contributed by atoms with E-state index < -0.39 is 17.7 Å². The molecule has 0 saturated carbocycles. The molecule has 2 aliphatic rings. The largest absolute Gasteiger partial charge is 0.419 e. The molecule has 130 valence electrons. The fourth-order valence-corrected chi connectivity index (χ4v) is 3.43. The Morgan fingerprint density at radius 3 is 2.33 bits per heavy atom. The smallest absolute Gasteiger partial charge is 0.348 e. The third-order valence-corrected chi connectivity index (χ3v) is 4.40. The summed E-state index contributed by atoms with van der Waals surface area (Å²) < 4.78 is 19.9. The quantitative estimate of drug-likeness (QED) is 0.447. The first-order chi connectivity index (χ1) is 11.2. The lowest BCUT2D eigenvalue weighted by Gasteiger charge is -2.35. The van der Waals surface area contributed by atoms with Crippen LogP contribution in [0.1, 0.15) is 33.4 Å². The Labute approximate surface area is 143 Å². The van der Waals surface area contributed by atoms with E-state index in [0.717, 1.165) is 5.00 Å². The monoisotopic (exact) mass is 353 g/mol. The van der Waals surface area contributed by atoms with Gasteiger partial charge in [-0.2, -0.15) is 0 Å². The number of carbonyl (C=O) groups excluding carboxylic acids is 2. The van der Waals surface area contributed by atoms with Crippen LogP contribution in [0.2, 0.25) is 0 Å². The predicted molar refractivity (Wildman–Crippen MR) is 86.4 cm³/mol. The molecule has 0 N–H and O–H groups in total. The lowest BCUT2D eigenvalue weighted by atomic mass is 10.1. The summed E-state index contributed by atoms with van der Waals surface area (Å²) in [5.74, 6) is -2.71. The Balaban J connectivity index is 1.88. The maximum absolute atomic E-state index is 12.1. The van der Waals surface area contributed by atoms with Gasteiger partial charge in [0.2, 0.25) is 0 Å². The molecule has 0 aromatic carbocycles.